The molecule has 24 valence electrons. The Morgan fingerprint density at radius 1 is 2.00 bits per heavy atom. The van der Waals surface area contributed by atoms with Crippen molar-refractivity contribution < 1.29 is 19.4 Å². The fraction of sp³-hybridized carbons (Fsp3) is 0.500. The van der Waals surface area contributed by atoms with Gasteiger partial charge in [-0.05, 0) is 0 Å². The van der Waals surface area contributed by atoms with Crippen molar-refractivity contribution in [1.29, 1.82) is 0 Å². The van der Waals surface area contributed by atoms with Crippen molar-refractivity contribution >= 4 is 20.3 Å². The van der Waals surface area contributed by atoms with Gasteiger partial charge in [0, 0.05) is 0 Å². The van der Waals surface area contributed by atoms with Crippen LogP contribution >= 0.6 is 15.9 Å². The summed E-state index contributed by atoms with van der Waals surface area (Å²) in [5.41, 5.74) is 0. The quantitative estimate of drug-likeness (QED) is 0.625. The fourth-order valence-electron chi connectivity index (χ4n) is 0. The Hall–Kier alpha value is 1.04. The molecule has 0 spiro atoms. The van der Waals surface area contributed by atoms with Crippen LogP contribution in [0.25, 0.3) is 0 Å². The molecule has 0 saturated carbocycles. The molecule has 0 saturated heterocycles. The van der Waals surface area contributed by atoms with Gasteiger partial charge in [-0.2, -0.15) is 0 Å². The Morgan fingerprint density at radius 3 is 2.25 bits per heavy atom. The summed E-state index contributed by atoms with van der Waals surface area (Å²) in [5, 5.41) is 1.04. The number of hydrogen-bond donors (Lipinski definition) is 0. The van der Waals surface area contributed by atoms with Crippen LogP contribution in [0.2, 0.25) is 0 Å². The molecule has 0 atom stereocenters. The molecule has 0 N–H and O–H groups in total. The summed E-state index contributed by atoms with van der Waals surface area (Å²) in [5.74, 6) is 0. The van der Waals surface area contributed by atoms with Gasteiger partial charge in [0.25, 0.3) is 0 Å². The van der Waals surface area contributed by atoms with Gasteiger partial charge >= 0.3 is 45.0 Å². The second kappa shape index (κ2) is 4.04. The van der Waals surface area contributed by atoms with E-state index in [1.165, 1.54) is 19.4 Å². The van der Waals surface area contributed by atoms with E-state index in [-0.39, 0.29) is 0 Å². The maximum atomic E-state index is 3.21. The molecular formula is C2H3BrW. The standard InChI is InChI=1S/C2H3Br.W/c1-2-3;/h1H,2H2;. The van der Waals surface area contributed by atoms with Crippen LogP contribution in [-0.4, -0.2) is 9.73 Å². The van der Waals surface area contributed by atoms with Crippen molar-refractivity contribution in [3.05, 3.63) is 0 Å². The molecule has 0 aliphatic carbocycles. The first-order chi connectivity index (χ1) is 1.91. The van der Waals surface area contributed by atoms with Crippen molar-refractivity contribution in [2.45, 2.75) is 0 Å². The summed E-state index contributed by atoms with van der Waals surface area (Å²) in [6.45, 7) is 0. The van der Waals surface area contributed by atoms with Crippen LogP contribution < -0.4 is 0 Å². The number of rotatable bonds is 1. The zero-order valence-corrected chi connectivity index (χ0v) is 6.59. The third-order valence-corrected chi connectivity index (χ3v) is 2.68. The van der Waals surface area contributed by atoms with Gasteiger partial charge in [-0.15, -0.1) is 0 Å². The molecule has 0 amide bonds. The molecule has 0 fully saturated rings. The van der Waals surface area contributed by atoms with Crippen molar-refractivity contribution in [3.63, 3.8) is 0 Å². The molecule has 0 aromatic rings. The maximum absolute atomic E-state index is 3.21. The SMILES string of the molecule is BrC[CH]=[W]. The zero-order valence-electron chi connectivity index (χ0n) is 2.07. The molecule has 0 unspecified atom stereocenters. The Morgan fingerprint density at radius 2 is 2.25 bits per heavy atom. The van der Waals surface area contributed by atoms with Gasteiger partial charge in [0.15, 0.2) is 0 Å². The molecule has 0 aliphatic rings. The molecule has 0 rings (SSSR count). The van der Waals surface area contributed by atoms with E-state index >= 15 is 0 Å². The molecule has 0 radical (unpaired) electrons. The van der Waals surface area contributed by atoms with Gasteiger partial charge in [0.2, 0.25) is 0 Å². The van der Waals surface area contributed by atoms with E-state index in [1.807, 2.05) is 0 Å². The first-order valence-corrected chi connectivity index (χ1v) is 3.73. The van der Waals surface area contributed by atoms with Crippen LogP contribution in [0.4, 0.5) is 0 Å². The van der Waals surface area contributed by atoms with Crippen molar-refractivity contribution in [2.75, 3.05) is 5.33 Å². The van der Waals surface area contributed by atoms with Gasteiger partial charge in [-0.3, -0.25) is 0 Å². The van der Waals surface area contributed by atoms with E-state index in [1.54, 1.807) is 0 Å². The first-order valence-electron chi connectivity index (χ1n) is 0.911. The molecule has 0 nitrogen and oxygen atoms in total. The molecule has 4 heavy (non-hydrogen) atoms. The second-order valence-electron chi connectivity index (χ2n) is 0.321. The Balaban J connectivity index is 2.30. The number of halogens is 1. The summed E-state index contributed by atoms with van der Waals surface area (Å²) in [7, 11) is 0. The van der Waals surface area contributed by atoms with Crippen LogP contribution in [0.1, 0.15) is 0 Å². The van der Waals surface area contributed by atoms with E-state index in [0.717, 1.165) is 5.33 Å². The van der Waals surface area contributed by atoms with E-state index in [4.69, 9.17) is 0 Å². The van der Waals surface area contributed by atoms with Gasteiger partial charge in [0.1, 0.15) is 0 Å². The summed E-state index contributed by atoms with van der Waals surface area (Å²) < 4.78 is 2.12. The summed E-state index contributed by atoms with van der Waals surface area (Å²) >= 11 is 4.75. The second-order valence-corrected chi connectivity index (χ2v) is 2.17. The van der Waals surface area contributed by atoms with Crippen molar-refractivity contribution in [1.82, 2.24) is 0 Å². The predicted octanol–water partition coefficient (Wildman–Crippen LogP) is 0.730. The third-order valence-electron chi connectivity index (χ3n) is 0.0630. The average Bonchev–Trinajstić information content (AvgIpc) is 1.37. The molecular weight excluding hydrogens is 288 g/mol. The fourth-order valence-corrected chi connectivity index (χ4v) is 0. The molecule has 2 heteroatoms. The van der Waals surface area contributed by atoms with Gasteiger partial charge in [0.05, 0.1) is 0 Å². The van der Waals surface area contributed by atoms with E-state index < -0.39 is 0 Å². The number of alkyl halides is 1. The number of hydrogen-bond acceptors (Lipinski definition) is 0. The average molecular weight is 291 g/mol. The molecule has 0 aromatic carbocycles. The molecule has 0 aliphatic heterocycles. The summed E-state index contributed by atoms with van der Waals surface area (Å²) in [6.07, 6.45) is 0. The minimum absolute atomic E-state index is 1.04. The van der Waals surface area contributed by atoms with E-state index in [0.29, 0.717) is 0 Å². The first kappa shape index (κ1) is 5.04. The van der Waals surface area contributed by atoms with E-state index in [9.17, 15) is 0 Å². The predicted molar refractivity (Wildman–Crippen MR) is 19.9 cm³/mol. The summed E-state index contributed by atoms with van der Waals surface area (Å²) in [6, 6.07) is 0. The monoisotopic (exact) mass is 290 g/mol. The van der Waals surface area contributed by atoms with Crippen LogP contribution in [-0.2, 0) is 19.4 Å². The van der Waals surface area contributed by atoms with Gasteiger partial charge in [-0.25, -0.2) is 0 Å². The van der Waals surface area contributed by atoms with Crippen molar-refractivity contribution in [3.8, 4) is 0 Å². The Kier molecular flexibility index (Phi) is 5.09. The Labute approximate surface area is 45.1 Å². The van der Waals surface area contributed by atoms with E-state index in [2.05, 4.69) is 20.3 Å². The van der Waals surface area contributed by atoms with Crippen LogP contribution in [0, 0.1) is 0 Å². The topological polar surface area (TPSA) is 0 Å². The third kappa shape index (κ3) is 3.04. The molecule has 0 aromatic heterocycles. The zero-order chi connectivity index (χ0) is 3.41. The Bertz CT molecular complexity index is 20.0. The van der Waals surface area contributed by atoms with Crippen molar-refractivity contribution in [2.24, 2.45) is 0 Å². The van der Waals surface area contributed by atoms with Gasteiger partial charge in [-0.1, -0.05) is 0 Å². The van der Waals surface area contributed by atoms with Crippen LogP contribution in [0.3, 0.4) is 0 Å². The van der Waals surface area contributed by atoms with Gasteiger partial charge < -0.3 is 0 Å². The normalized spacial score (nSPS) is 6.25. The molecule has 0 heterocycles. The minimum atomic E-state index is 1.04. The van der Waals surface area contributed by atoms with Crippen LogP contribution in [0.5, 0.6) is 0 Å². The molecule has 0 bridgehead atoms. The summed E-state index contributed by atoms with van der Waals surface area (Å²) in [4.78, 5) is 0. The van der Waals surface area contributed by atoms with Crippen LogP contribution in [0.15, 0.2) is 0 Å².